The summed E-state index contributed by atoms with van der Waals surface area (Å²) < 4.78 is 0. The number of rotatable bonds is 2. The van der Waals surface area contributed by atoms with Crippen molar-refractivity contribution in [1.82, 2.24) is 10.2 Å². The maximum Gasteiger partial charge on any atom is 0.226 e. The molecule has 7 aliphatic rings. The third-order valence-corrected chi connectivity index (χ3v) is 9.82. The van der Waals surface area contributed by atoms with Crippen LogP contribution in [0.1, 0.15) is 70.6 Å². The second-order valence-electron chi connectivity index (χ2n) is 11.4. The highest BCUT2D eigenvalue weighted by molar-refractivity contribution is 5.83. The molecule has 7 fully saturated rings. The van der Waals surface area contributed by atoms with Gasteiger partial charge in [0.05, 0.1) is 6.04 Å². The van der Waals surface area contributed by atoms with Crippen molar-refractivity contribution >= 4 is 5.91 Å². The zero-order chi connectivity index (χ0) is 18.2. The number of amides is 1. The Morgan fingerprint density at radius 2 is 1.63 bits per heavy atom. The van der Waals surface area contributed by atoms with Crippen LogP contribution >= 0.6 is 0 Å². The van der Waals surface area contributed by atoms with Gasteiger partial charge in [-0.1, -0.05) is 6.42 Å². The predicted octanol–water partition coefficient (Wildman–Crippen LogP) is 2.10. The number of nitrogens with two attached hydrogens (primary N) is 1. The van der Waals surface area contributed by atoms with E-state index >= 15 is 0 Å². The Labute approximate surface area is 164 Å². The number of carbonyl (C=O) groups is 1. The van der Waals surface area contributed by atoms with Crippen LogP contribution in [0, 0.1) is 35.0 Å². The Hall–Kier alpha value is -0.610. The van der Waals surface area contributed by atoms with Crippen molar-refractivity contribution in [2.75, 3.05) is 13.6 Å². The van der Waals surface area contributed by atoms with Crippen LogP contribution < -0.4 is 10.6 Å². The maximum absolute atomic E-state index is 13.8. The largest absolute Gasteiger partial charge is 0.352 e. The molecular formula is C23H38N3O+. The fraction of sp³-hybridized carbons (Fsp3) is 0.957. The summed E-state index contributed by atoms with van der Waals surface area (Å²) in [5, 5.41) is 6.47. The van der Waals surface area contributed by atoms with Crippen molar-refractivity contribution in [3.05, 3.63) is 0 Å². The highest BCUT2D eigenvalue weighted by Crippen LogP contribution is 2.60. The molecule has 2 heterocycles. The molecule has 7 rings (SSSR count). The van der Waals surface area contributed by atoms with E-state index in [4.69, 9.17) is 0 Å². The van der Waals surface area contributed by atoms with Crippen LogP contribution in [0.3, 0.4) is 0 Å². The molecule has 5 unspecified atom stereocenters. The van der Waals surface area contributed by atoms with Gasteiger partial charge in [0.1, 0.15) is 6.17 Å². The molecule has 5 atom stereocenters. The molecule has 5 saturated carbocycles. The van der Waals surface area contributed by atoms with Gasteiger partial charge in [-0.15, -0.1) is 0 Å². The summed E-state index contributed by atoms with van der Waals surface area (Å²) in [5.74, 6) is 4.42. The van der Waals surface area contributed by atoms with Crippen LogP contribution in [-0.4, -0.2) is 42.6 Å². The number of hydrogen-bond acceptors (Lipinski definition) is 2. The van der Waals surface area contributed by atoms with Crippen LogP contribution in [0.5, 0.6) is 0 Å². The van der Waals surface area contributed by atoms with E-state index in [0.717, 1.165) is 23.8 Å². The molecule has 27 heavy (non-hydrogen) atoms. The van der Waals surface area contributed by atoms with Gasteiger partial charge < -0.3 is 10.6 Å². The average molecular weight is 373 g/mol. The first-order chi connectivity index (χ1) is 13.1. The van der Waals surface area contributed by atoms with Crippen molar-refractivity contribution in [3.8, 4) is 0 Å². The van der Waals surface area contributed by atoms with Crippen molar-refractivity contribution in [2.24, 2.45) is 35.0 Å². The van der Waals surface area contributed by atoms with Crippen LogP contribution in [0.25, 0.3) is 0 Å². The smallest absolute Gasteiger partial charge is 0.226 e. The number of likely N-dealkylation sites (tertiary alicyclic amines) is 1. The van der Waals surface area contributed by atoms with Crippen LogP contribution in [0.2, 0.25) is 0 Å². The van der Waals surface area contributed by atoms with Gasteiger partial charge in [0.25, 0.3) is 0 Å². The second-order valence-corrected chi connectivity index (χ2v) is 11.4. The fourth-order valence-corrected chi connectivity index (χ4v) is 9.03. The highest BCUT2D eigenvalue weighted by atomic mass is 16.2. The van der Waals surface area contributed by atoms with Gasteiger partial charge in [-0.25, -0.2) is 0 Å². The van der Waals surface area contributed by atoms with Gasteiger partial charge in [0.2, 0.25) is 5.91 Å². The minimum atomic E-state index is 0.0140. The van der Waals surface area contributed by atoms with E-state index in [1.807, 2.05) is 0 Å². The van der Waals surface area contributed by atoms with Crippen molar-refractivity contribution in [2.45, 2.75) is 88.9 Å². The summed E-state index contributed by atoms with van der Waals surface area (Å²) in [5.41, 5.74) is 0.0140. The van der Waals surface area contributed by atoms with E-state index in [1.54, 1.807) is 0 Å². The second kappa shape index (κ2) is 6.19. The number of hydrogen-bond donors (Lipinski definition) is 2. The van der Waals surface area contributed by atoms with Gasteiger partial charge in [-0.2, -0.15) is 0 Å². The van der Waals surface area contributed by atoms with E-state index in [2.05, 4.69) is 22.6 Å². The predicted molar refractivity (Wildman–Crippen MR) is 105 cm³/mol. The van der Waals surface area contributed by atoms with E-state index in [9.17, 15) is 4.79 Å². The Morgan fingerprint density at radius 1 is 0.963 bits per heavy atom. The van der Waals surface area contributed by atoms with Crippen LogP contribution in [0.15, 0.2) is 0 Å². The first-order valence-corrected chi connectivity index (χ1v) is 12.0. The summed E-state index contributed by atoms with van der Waals surface area (Å²) in [7, 11) is 2.29. The van der Waals surface area contributed by atoms with E-state index < -0.39 is 0 Å². The molecule has 5 aliphatic carbocycles. The summed E-state index contributed by atoms with van der Waals surface area (Å²) in [4.78, 5) is 16.3. The van der Waals surface area contributed by atoms with E-state index in [0.29, 0.717) is 30.0 Å². The molecule has 3 N–H and O–H groups in total. The Kier molecular flexibility index (Phi) is 3.96. The third-order valence-electron chi connectivity index (χ3n) is 9.82. The lowest BCUT2D eigenvalue weighted by atomic mass is 9.49. The topological polar surface area (TPSA) is 49.0 Å². The van der Waals surface area contributed by atoms with Gasteiger partial charge in [-0.3, -0.25) is 9.69 Å². The highest BCUT2D eigenvalue weighted by Gasteiger charge is 2.57. The van der Waals surface area contributed by atoms with Crippen molar-refractivity contribution in [1.29, 1.82) is 0 Å². The Bertz CT molecular complexity index is 579. The summed E-state index contributed by atoms with van der Waals surface area (Å²) in [6, 6.07) is 1.18. The first kappa shape index (κ1) is 17.3. The minimum absolute atomic E-state index is 0.0140. The molecule has 0 aromatic heterocycles. The summed E-state index contributed by atoms with van der Waals surface area (Å²) in [6.45, 7) is 1.20. The van der Waals surface area contributed by atoms with Crippen molar-refractivity contribution < 1.29 is 10.1 Å². The summed E-state index contributed by atoms with van der Waals surface area (Å²) >= 11 is 0. The lowest BCUT2D eigenvalue weighted by Gasteiger charge is -2.56. The van der Waals surface area contributed by atoms with Crippen LogP contribution in [0.4, 0.5) is 0 Å². The molecule has 2 aliphatic heterocycles. The number of fused-ring (bicyclic) bond motifs is 2. The number of piperidine rings is 1. The van der Waals surface area contributed by atoms with E-state index in [-0.39, 0.29) is 5.41 Å². The molecule has 1 amide bonds. The van der Waals surface area contributed by atoms with Gasteiger partial charge >= 0.3 is 0 Å². The molecule has 0 aromatic carbocycles. The van der Waals surface area contributed by atoms with Gasteiger partial charge in [0, 0.05) is 29.8 Å². The fourth-order valence-electron chi connectivity index (χ4n) is 9.03. The number of nitrogens with one attached hydrogen (secondary N) is 1. The monoisotopic (exact) mass is 372 g/mol. The molecule has 2 saturated heterocycles. The SMILES string of the molecule is CN1CCC2C(NC(=O)C34CC5CC(CC(C5)C3)C4)C3CCCCC3[NH2+]C21. The Morgan fingerprint density at radius 3 is 2.33 bits per heavy atom. The number of carbonyl (C=O) groups excluding carboxylic acids is 1. The molecule has 150 valence electrons. The first-order valence-electron chi connectivity index (χ1n) is 12.0. The lowest BCUT2D eigenvalue weighted by Crippen LogP contribution is -3.03. The molecule has 0 spiro atoms. The molecule has 0 radical (unpaired) electrons. The molecule has 4 nitrogen and oxygen atoms in total. The average Bonchev–Trinajstić information content (AvgIpc) is 3.01. The zero-order valence-electron chi connectivity index (χ0n) is 17.0. The quantitative estimate of drug-likeness (QED) is 0.780. The molecular weight excluding hydrogens is 334 g/mol. The maximum atomic E-state index is 13.8. The molecule has 0 aromatic rings. The molecule has 4 bridgehead atoms. The standard InChI is InChI=1S/C23H37N3O/c1-26-7-6-18-20(17-4-2-3-5-19(17)24-21(18)26)25-22(27)23-11-14-8-15(12-23)10-16(9-14)13-23/h14-21,24H,2-13H2,1H3,(H,25,27)/p+1. The summed E-state index contributed by atoms with van der Waals surface area (Å²) in [6.07, 6.45) is 15.2. The zero-order valence-corrected chi connectivity index (χ0v) is 17.0. The van der Waals surface area contributed by atoms with Crippen molar-refractivity contribution in [3.63, 3.8) is 0 Å². The Balaban J connectivity index is 1.26. The van der Waals surface area contributed by atoms with Crippen LogP contribution in [-0.2, 0) is 4.79 Å². The number of quaternary nitrogens is 1. The molecule has 4 heteroatoms. The normalized spacial score (nSPS) is 53.8. The van der Waals surface area contributed by atoms with Gasteiger partial charge in [-0.05, 0) is 89.0 Å². The van der Waals surface area contributed by atoms with Gasteiger partial charge in [0.15, 0.2) is 0 Å². The van der Waals surface area contributed by atoms with E-state index in [1.165, 1.54) is 77.2 Å². The lowest BCUT2D eigenvalue weighted by molar-refractivity contribution is -0.759. The minimum Gasteiger partial charge on any atom is -0.352 e. The number of nitrogens with zero attached hydrogens (tertiary/aromatic N) is 1. The third kappa shape index (κ3) is 2.65.